The van der Waals surface area contributed by atoms with Gasteiger partial charge < -0.3 is 0 Å². The summed E-state index contributed by atoms with van der Waals surface area (Å²) in [7, 11) is 0. The molecule has 90 valence electrons. The predicted molar refractivity (Wildman–Crippen MR) is 61.9 cm³/mol. The number of hydrogen-bond acceptors (Lipinski definition) is 1. The van der Waals surface area contributed by atoms with E-state index in [0.717, 1.165) is 22.3 Å². The molecule has 0 fully saturated rings. The third-order valence-electron chi connectivity index (χ3n) is 2.26. The van der Waals surface area contributed by atoms with Crippen molar-refractivity contribution >= 4 is 11.8 Å². The van der Waals surface area contributed by atoms with Crippen molar-refractivity contribution in [3.05, 3.63) is 29.3 Å². The molecule has 16 heavy (non-hydrogen) atoms. The van der Waals surface area contributed by atoms with Crippen molar-refractivity contribution < 1.29 is 13.2 Å². The van der Waals surface area contributed by atoms with E-state index in [1.807, 2.05) is 20.8 Å². The molecule has 0 aliphatic carbocycles. The van der Waals surface area contributed by atoms with Crippen molar-refractivity contribution in [2.24, 2.45) is 0 Å². The number of alkyl halides is 3. The van der Waals surface area contributed by atoms with E-state index in [1.54, 1.807) is 6.07 Å². The van der Waals surface area contributed by atoms with Crippen LogP contribution in [0.25, 0.3) is 0 Å². The van der Waals surface area contributed by atoms with Gasteiger partial charge in [-0.1, -0.05) is 26.8 Å². The topological polar surface area (TPSA) is 0 Å². The molecule has 0 amide bonds. The van der Waals surface area contributed by atoms with Crippen molar-refractivity contribution in [1.29, 1.82) is 0 Å². The lowest BCUT2D eigenvalue weighted by molar-refractivity contribution is -0.137. The van der Waals surface area contributed by atoms with Gasteiger partial charge >= 0.3 is 6.18 Å². The van der Waals surface area contributed by atoms with Crippen LogP contribution in [0.4, 0.5) is 13.2 Å². The van der Waals surface area contributed by atoms with Crippen LogP contribution in [0.1, 0.15) is 37.8 Å². The molecule has 1 rings (SSSR count). The predicted octanol–water partition coefficient (Wildman–Crippen LogP) is 4.94. The molecule has 1 aromatic carbocycles. The molecule has 0 N–H and O–H groups in total. The molecule has 0 unspecified atom stereocenters. The summed E-state index contributed by atoms with van der Waals surface area (Å²) in [6.07, 6.45) is -4.25. The van der Waals surface area contributed by atoms with Crippen molar-refractivity contribution in [2.75, 3.05) is 5.75 Å². The maximum atomic E-state index is 12.5. The monoisotopic (exact) mass is 248 g/mol. The van der Waals surface area contributed by atoms with Crippen LogP contribution in [-0.2, 0) is 6.18 Å². The van der Waals surface area contributed by atoms with Crippen LogP contribution in [-0.4, -0.2) is 5.75 Å². The van der Waals surface area contributed by atoms with Gasteiger partial charge in [0.2, 0.25) is 0 Å². The highest BCUT2D eigenvalue weighted by atomic mass is 32.2. The Kier molecular flexibility index (Phi) is 4.30. The molecule has 0 nitrogen and oxygen atoms in total. The molecule has 0 radical (unpaired) electrons. The Morgan fingerprint density at radius 1 is 1.25 bits per heavy atom. The number of thioether (sulfide) groups is 1. The second-order valence-electron chi connectivity index (χ2n) is 3.84. The number of rotatable bonds is 3. The van der Waals surface area contributed by atoms with Crippen LogP contribution in [0, 0.1) is 0 Å². The molecular weight excluding hydrogens is 233 g/mol. The Morgan fingerprint density at radius 3 is 2.31 bits per heavy atom. The summed E-state index contributed by atoms with van der Waals surface area (Å²) >= 11 is 1.46. The fraction of sp³-hybridized carbons (Fsp3) is 0.500. The van der Waals surface area contributed by atoms with Gasteiger partial charge in [0, 0.05) is 4.90 Å². The second kappa shape index (κ2) is 5.13. The largest absolute Gasteiger partial charge is 0.416 e. The number of halogens is 3. The van der Waals surface area contributed by atoms with Crippen molar-refractivity contribution in [3.63, 3.8) is 0 Å². The van der Waals surface area contributed by atoms with Gasteiger partial charge in [-0.2, -0.15) is 13.2 Å². The summed E-state index contributed by atoms with van der Waals surface area (Å²) < 4.78 is 37.6. The minimum Gasteiger partial charge on any atom is -0.166 e. The maximum Gasteiger partial charge on any atom is 0.416 e. The van der Waals surface area contributed by atoms with E-state index >= 15 is 0 Å². The smallest absolute Gasteiger partial charge is 0.166 e. The highest BCUT2D eigenvalue weighted by Gasteiger charge is 2.31. The zero-order valence-corrected chi connectivity index (χ0v) is 10.4. The lowest BCUT2D eigenvalue weighted by Gasteiger charge is -2.15. The van der Waals surface area contributed by atoms with E-state index in [2.05, 4.69) is 0 Å². The van der Waals surface area contributed by atoms with E-state index in [9.17, 15) is 13.2 Å². The molecule has 0 aliphatic heterocycles. The first-order valence-corrected chi connectivity index (χ1v) is 6.18. The highest BCUT2D eigenvalue weighted by Crippen LogP contribution is 2.35. The molecule has 0 saturated carbocycles. The lowest BCUT2D eigenvalue weighted by Crippen LogP contribution is -2.06. The van der Waals surface area contributed by atoms with Crippen LogP contribution in [0.15, 0.2) is 23.1 Å². The van der Waals surface area contributed by atoms with Crippen LogP contribution >= 0.6 is 11.8 Å². The quantitative estimate of drug-likeness (QED) is 0.683. The molecule has 0 atom stereocenters. The Balaban J connectivity index is 3.17. The van der Waals surface area contributed by atoms with Gasteiger partial charge in [0.25, 0.3) is 0 Å². The Labute approximate surface area is 98.2 Å². The van der Waals surface area contributed by atoms with E-state index in [-0.39, 0.29) is 5.92 Å². The fourth-order valence-corrected chi connectivity index (χ4v) is 2.46. The SMILES string of the molecule is CCSc1cc(C(F)(F)F)ccc1C(C)C. The zero-order valence-electron chi connectivity index (χ0n) is 9.56. The standard InChI is InChI=1S/C12H15F3S/c1-4-16-11-7-9(12(13,14)15)5-6-10(11)8(2)3/h5-8H,4H2,1-3H3. The van der Waals surface area contributed by atoms with Gasteiger partial charge in [-0.15, -0.1) is 11.8 Å². The first-order chi connectivity index (χ1) is 7.36. The fourth-order valence-electron chi connectivity index (χ4n) is 1.47. The van der Waals surface area contributed by atoms with Crippen LogP contribution in [0.2, 0.25) is 0 Å². The molecule has 0 aromatic heterocycles. The van der Waals surface area contributed by atoms with Gasteiger partial charge in [0.05, 0.1) is 5.56 Å². The summed E-state index contributed by atoms with van der Waals surface area (Å²) in [6, 6.07) is 4.00. The van der Waals surface area contributed by atoms with Crippen LogP contribution < -0.4 is 0 Å². The summed E-state index contributed by atoms with van der Waals surface area (Å²) in [5, 5.41) is 0. The molecular formula is C12H15F3S. The average Bonchev–Trinajstić information content (AvgIpc) is 2.16. The van der Waals surface area contributed by atoms with Gasteiger partial charge in [0.15, 0.2) is 0 Å². The first kappa shape index (κ1) is 13.4. The summed E-state index contributed by atoms with van der Waals surface area (Å²) in [4.78, 5) is 0.743. The molecule has 0 spiro atoms. The van der Waals surface area contributed by atoms with Crippen molar-refractivity contribution in [2.45, 2.75) is 37.8 Å². The van der Waals surface area contributed by atoms with Gasteiger partial charge in [-0.25, -0.2) is 0 Å². The molecule has 0 aliphatic rings. The van der Waals surface area contributed by atoms with E-state index in [0.29, 0.717) is 0 Å². The normalized spacial score (nSPS) is 12.2. The minimum atomic E-state index is -4.25. The minimum absolute atomic E-state index is 0.247. The molecule has 1 aromatic rings. The zero-order chi connectivity index (χ0) is 12.3. The lowest BCUT2D eigenvalue weighted by atomic mass is 10.0. The third kappa shape index (κ3) is 3.17. The summed E-state index contributed by atoms with van der Waals surface area (Å²) in [5.41, 5.74) is 0.424. The second-order valence-corrected chi connectivity index (χ2v) is 5.14. The Bertz CT molecular complexity index is 356. The van der Waals surface area contributed by atoms with Gasteiger partial charge in [-0.05, 0) is 29.4 Å². The van der Waals surface area contributed by atoms with E-state index < -0.39 is 11.7 Å². The Morgan fingerprint density at radius 2 is 1.88 bits per heavy atom. The summed E-state index contributed by atoms with van der Waals surface area (Å²) in [5.74, 6) is 1.03. The van der Waals surface area contributed by atoms with Crippen LogP contribution in [0.3, 0.4) is 0 Å². The first-order valence-electron chi connectivity index (χ1n) is 5.20. The van der Waals surface area contributed by atoms with E-state index in [4.69, 9.17) is 0 Å². The molecule has 4 heteroatoms. The van der Waals surface area contributed by atoms with Crippen molar-refractivity contribution in [3.8, 4) is 0 Å². The molecule has 0 bridgehead atoms. The number of benzene rings is 1. The summed E-state index contributed by atoms with van der Waals surface area (Å²) in [6.45, 7) is 5.92. The van der Waals surface area contributed by atoms with Gasteiger partial charge in [0.1, 0.15) is 0 Å². The van der Waals surface area contributed by atoms with Crippen LogP contribution in [0.5, 0.6) is 0 Å². The molecule has 0 saturated heterocycles. The van der Waals surface area contributed by atoms with Gasteiger partial charge in [-0.3, -0.25) is 0 Å². The van der Waals surface area contributed by atoms with E-state index in [1.165, 1.54) is 17.8 Å². The molecule has 0 heterocycles. The van der Waals surface area contributed by atoms with Crippen molar-refractivity contribution in [1.82, 2.24) is 0 Å². The third-order valence-corrected chi connectivity index (χ3v) is 3.22. The Hall–Kier alpha value is -0.640. The maximum absolute atomic E-state index is 12.5. The average molecular weight is 248 g/mol. The highest BCUT2D eigenvalue weighted by molar-refractivity contribution is 7.99. The number of hydrogen-bond donors (Lipinski definition) is 0.